The van der Waals surface area contributed by atoms with Crippen LogP contribution in [0.1, 0.15) is 39.5 Å². The van der Waals surface area contributed by atoms with Crippen molar-refractivity contribution in [1.82, 2.24) is 10.2 Å². The van der Waals surface area contributed by atoms with E-state index in [0.717, 1.165) is 25.1 Å². The molecule has 2 rings (SSSR count). The Balaban J connectivity index is 1.87. The average molecular weight is 377 g/mol. The number of ether oxygens (including phenoxy) is 2. The third-order valence-electron chi connectivity index (χ3n) is 4.70. The van der Waals surface area contributed by atoms with Gasteiger partial charge in [0, 0.05) is 44.4 Å². The first-order valence-corrected chi connectivity index (χ1v) is 9.67. The van der Waals surface area contributed by atoms with Gasteiger partial charge in [-0.3, -0.25) is 9.79 Å². The molecule has 1 aromatic rings. The molecule has 150 valence electrons. The maximum atomic E-state index is 12.4. The van der Waals surface area contributed by atoms with Gasteiger partial charge in [-0.1, -0.05) is 0 Å². The van der Waals surface area contributed by atoms with Crippen LogP contribution in [0.25, 0.3) is 0 Å². The number of anilines is 1. The predicted molar refractivity (Wildman–Crippen MR) is 109 cm³/mol. The minimum atomic E-state index is 0.202. The molecule has 27 heavy (non-hydrogen) atoms. The molecule has 1 aliphatic heterocycles. The summed E-state index contributed by atoms with van der Waals surface area (Å²) < 4.78 is 10.9. The van der Waals surface area contributed by atoms with Gasteiger partial charge in [-0.2, -0.15) is 0 Å². The van der Waals surface area contributed by atoms with Crippen molar-refractivity contribution >= 4 is 17.6 Å². The largest absolute Gasteiger partial charge is 0.493 e. The molecule has 1 aromatic carbocycles. The summed E-state index contributed by atoms with van der Waals surface area (Å²) in [5, 5.41) is 6.42. The Hall–Kier alpha value is -2.44. The van der Waals surface area contributed by atoms with Gasteiger partial charge in [0.2, 0.25) is 5.91 Å². The number of aliphatic imine (C=N–C) groups is 1. The number of guanidine groups is 1. The van der Waals surface area contributed by atoms with E-state index in [1.807, 2.05) is 30.0 Å². The summed E-state index contributed by atoms with van der Waals surface area (Å²) in [4.78, 5) is 18.6. The molecule has 1 heterocycles. The number of methoxy groups -OCH3 is 1. The van der Waals surface area contributed by atoms with Crippen LogP contribution in [0.2, 0.25) is 0 Å². The van der Waals surface area contributed by atoms with E-state index in [1.54, 1.807) is 14.2 Å². The fourth-order valence-electron chi connectivity index (χ4n) is 3.24. The van der Waals surface area contributed by atoms with E-state index < -0.39 is 0 Å². The van der Waals surface area contributed by atoms with Crippen molar-refractivity contribution in [1.29, 1.82) is 0 Å². The van der Waals surface area contributed by atoms with Crippen LogP contribution >= 0.6 is 0 Å². The minimum Gasteiger partial charge on any atom is -0.493 e. The standard InChI is InChI=1S/C20H32N4O3/c1-5-27-18-14-16(9-10-17(18)26-4)23-20(21-3)22-12-11-19(25)24-13-7-6-8-15(24)2/h9-10,14-15H,5-8,11-13H2,1-4H3,(H2,21,22,23). The third kappa shape index (κ3) is 6.05. The number of hydrogen-bond donors (Lipinski definition) is 2. The van der Waals surface area contributed by atoms with Gasteiger partial charge in [-0.05, 0) is 45.2 Å². The topological polar surface area (TPSA) is 75.2 Å². The van der Waals surface area contributed by atoms with E-state index in [2.05, 4.69) is 22.5 Å². The number of nitrogens with one attached hydrogen (secondary N) is 2. The van der Waals surface area contributed by atoms with Gasteiger partial charge >= 0.3 is 0 Å². The monoisotopic (exact) mass is 376 g/mol. The minimum absolute atomic E-state index is 0.202. The van der Waals surface area contributed by atoms with E-state index >= 15 is 0 Å². The molecule has 0 aliphatic carbocycles. The van der Waals surface area contributed by atoms with Crippen LogP contribution in [0.4, 0.5) is 5.69 Å². The molecule has 1 atom stereocenters. The van der Waals surface area contributed by atoms with Gasteiger partial charge in [0.05, 0.1) is 13.7 Å². The number of rotatable bonds is 7. The SMILES string of the molecule is CCOc1cc(NC(=NC)NCCC(=O)N2CCCCC2C)ccc1OC. The lowest BCUT2D eigenvalue weighted by Gasteiger charge is -2.33. The van der Waals surface area contributed by atoms with Crippen molar-refractivity contribution in [3.05, 3.63) is 18.2 Å². The van der Waals surface area contributed by atoms with Crippen molar-refractivity contribution in [2.75, 3.05) is 39.2 Å². The first kappa shape index (κ1) is 20.9. The lowest BCUT2D eigenvalue weighted by Crippen LogP contribution is -2.43. The summed E-state index contributed by atoms with van der Waals surface area (Å²) in [6.45, 7) is 6.03. The van der Waals surface area contributed by atoms with Gasteiger partial charge in [0.15, 0.2) is 17.5 Å². The highest BCUT2D eigenvalue weighted by Gasteiger charge is 2.22. The van der Waals surface area contributed by atoms with E-state index in [4.69, 9.17) is 9.47 Å². The fourth-order valence-corrected chi connectivity index (χ4v) is 3.24. The number of benzene rings is 1. The summed E-state index contributed by atoms with van der Waals surface area (Å²) in [5.74, 6) is 2.18. The zero-order valence-electron chi connectivity index (χ0n) is 16.9. The number of piperidine rings is 1. The van der Waals surface area contributed by atoms with Crippen LogP contribution in [-0.4, -0.2) is 56.7 Å². The molecule has 0 radical (unpaired) electrons. The zero-order chi connectivity index (χ0) is 19.6. The lowest BCUT2D eigenvalue weighted by atomic mass is 10.0. The molecule has 1 fully saturated rings. The molecule has 0 saturated carbocycles. The van der Waals surface area contributed by atoms with Crippen LogP contribution in [0.3, 0.4) is 0 Å². The molecule has 1 aliphatic rings. The van der Waals surface area contributed by atoms with Gasteiger partial charge in [0.1, 0.15) is 0 Å². The quantitative estimate of drug-likeness (QED) is 0.565. The van der Waals surface area contributed by atoms with Crippen molar-refractivity contribution in [2.45, 2.75) is 45.6 Å². The molecule has 2 N–H and O–H groups in total. The molecule has 0 aromatic heterocycles. The number of hydrogen-bond acceptors (Lipinski definition) is 4. The average Bonchev–Trinajstić information content (AvgIpc) is 2.68. The number of nitrogens with zero attached hydrogens (tertiary/aromatic N) is 2. The molecule has 7 nitrogen and oxygen atoms in total. The summed E-state index contributed by atoms with van der Waals surface area (Å²) in [6.07, 6.45) is 3.87. The number of carbonyl (C=O) groups is 1. The number of amides is 1. The Morgan fingerprint density at radius 2 is 2.15 bits per heavy atom. The molecular formula is C20H32N4O3. The summed E-state index contributed by atoms with van der Waals surface area (Å²) in [7, 11) is 3.32. The van der Waals surface area contributed by atoms with Crippen LogP contribution in [-0.2, 0) is 4.79 Å². The zero-order valence-corrected chi connectivity index (χ0v) is 16.9. The van der Waals surface area contributed by atoms with Crippen LogP contribution < -0.4 is 20.1 Å². The van der Waals surface area contributed by atoms with Crippen LogP contribution in [0.15, 0.2) is 23.2 Å². The second-order valence-corrected chi connectivity index (χ2v) is 6.60. The summed E-state index contributed by atoms with van der Waals surface area (Å²) in [6, 6.07) is 5.96. The number of carbonyl (C=O) groups excluding carboxylic acids is 1. The highest BCUT2D eigenvalue weighted by Crippen LogP contribution is 2.30. The van der Waals surface area contributed by atoms with Crippen molar-refractivity contribution in [2.24, 2.45) is 4.99 Å². The van der Waals surface area contributed by atoms with E-state index in [-0.39, 0.29) is 5.91 Å². The molecular weight excluding hydrogens is 344 g/mol. The summed E-state index contributed by atoms with van der Waals surface area (Å²) in [5.41, 5.74) is 0.836. The molecule has 1 saturated heterocycles. The van der Waals surface area contributed by atoms with Gasteiger partial charge < -0.3 is 25.0 Å². The first-order valence-electron chi connectivity index (χ1n) is 9.67. The maximum absolute atomic E-state index is 12.4. The highest BCUT2D eigenvalue weighted by atomic mass is 16.5. The Morgan fingerprint density at radius 1 is 1.33 bits per heavy atom. The smallest absolute Gasteiger partial charge is 0.224 e. The van der Waals surface area contributed by atoms with E-state index in [0.29, 0.717) is 43.1 Å². The van der Waals surface area contributed by atoms with Gasteiger partial charge in [0.25, 0.3) is 0 Å². The Labute approximate surface area is 162 Å². The Kier molecular flexibility index (Phi) is 8.23. The second kappa shape index (κ2) is 10.6. The van der Waals surface area contributed by atoms with Crippen molar-refractivity contribution in [3.8, 4) is 11.5 Å². The highest BCUT2D eigenvalue weighted by molar-refractivity contribution is 5.94. The fraction of sp³-hybridized carbons (Fsp3) is 0.600. The normalized spacial score (nSPS) is 17.4. The van der Waals surface area contributed by atoms with E-state index in [9.17, 15) is 4.79 Å². The second-order valence-electron chi connectivity index (χ2n) is 6.60. The molecule has 0 spiro atoms. The first-order chi connectivity index (χ1) is 13.1. The van der Waals surface area contributed by atoms with Gasteiger partial charge in [-0.15, -0.1) is 0 Å². The lowest BCUT2D eigenvalue weighted by molar-refractivity contribution is -0.134. The third-order valence-corrected chi connectivity index (χ3v) is 4.70. The maximum Gasteiger partial charge on any atom is 0.224 e. The Bertz CT molecular complexity index is 648. The molecule has 0 bridgehead atoms. The Morgan fingerprint density at radius 3 is 2.81 bits per heavy atom. The van der Waals surface area contributed by atoms with Crippen molar-refractivity contribution in [3.63, 3.8) is 0 Å². The van der Waals surface area contributed by atoms with Gasteiger partial charge in [-0.25, -0.2) is 0 Å². The van der Waals surface area contributed by atoms with Crippen LogP contribution in [0, 0.1) is 0 Å². The number of likely N-dealkylation sites (tertiary alicyclic amines) is 1. The van der Waals surface area contributed by atoms with Crippen LogP contribution in [0.5, 0.6) is 11.5 Å². The predicted octanol–water partition coefficient (Wildman–Crippen LogP) is 2.87. The molecule has 1 amide bonds. The molecule has 1 unspecified atom stereocenters. The van der Waals surface area contributed by atoms with E-state index in [1.165, 1.54) is 6.42 Å². The van der Waals surface area contributed by atoms with Crippen molar-refractivity contribution < 1.29 is 14.3 Å². The molecule has 7 heteroatoms. The summed E-state index contributed by atoms with van der Waals surface area (Å²) >= 11 is 0.